The molecule has 0 unspecified atom stereocenters. The average Bonchev–Trinajstić information content (AvgIpc) is 2.46. The monoisotopic (exact) mass is 301 g/mol. The lowest BCUT2D eigenvalue weighted by Gasteiger charge is -2.10. The summed E-state index contributed by atoms with van der Waals surface area (Å²) in [5.74, 6) is -0.552. The molecule has 1 aromatic carbocycles. The molecule has 0 aromatic heterocycles. The topological polar surface area (TPSA) is 47.6 Å². The molecule has 0 spiro atoms. The van der Waals surface area contributed by atoms with Gasteiger partial charge in [0.15, 0.2) is 0 Å². The number of unbranched alkanes of at least 4 members (excludes halogenated alkanes) is 1. The predicted molar refractivity (Wildman–Crippen MR) is 75.8 cm³/mol. The second-order valence-electron chi connectivity index (χ2n) is 4.45. The normalized spacial score (nSPS) is 10.7. The van der Waals surface area contributed by atoms with E-state index in [1.807, 2.05) is 0 Å². The molecule has 118 valence electrons. The first kappa shape index (κ1) is 17.4. The van der Waals surface area contributed by atoms with Gasteiger partial charge in [0, 0.05) is 19.8 Å². The zero-order chi connectivity index (χ0) is 15.5. The molecule has 21 heavy (non-hydrogen) atoms. The minimum absolute atomic E-state index is 0.102. The van der Waals surface area contributed by atoms with Crippen molar-refractivity contribution in [1.29, 1.82) is 0 Å². The third-order valence-electron chi connectivity index (χ3n) is 2.74. The van der Waals surface area contributed by atoms with E-state index >= 15 is 0 Å². The van der Waals surface area contributed by atoms with Crippen LogP contribution < -0.4 is 10.1 Å². The first-order valence-electron chi connectivity index (χ1n) is 7.05. The van der Waals surface area contributed by atoms with Crippen molar-refractivity contribution in [2.45, 2.75) is 32.8 Å². The predicted octanol–water partition coefficient (Wildman–Crippen LogP) is 3.22. The molecule has 0 aliphatic heterocycles. The average molecular weight is 301 g/mol. The first-order valence-corrected chi connectivity index (χ1v) is 7.05. The highest BCUT2D eigenvalue weighted by Crippen LogP contribution is 2.19. The van der Waals surface area contributed by atoms with Gasteiger partial charge in [-0.15, -0.1) is 0 Å². The lowest BCUT2D eigenvalue weighted by molar-refractivity contribution is -0.0501. The van der Waals surface area contributed by atoms with Gasteiger partial charge in [-0.3, -0.25) is 4.79 Å². The summed E-state index contributed by atoms with van der Waals surface area (Å²) in [4.78, 5) is 11.9. The minimum atomic E-state index is -2.95. The van der Waals surface area contributed by atoms with E-state index in [1.165, 1.54) is 18.2 Å². The summed E-state index contributed by atoms with van der Waals surface area (Å²) in [5, 5.41) is 2.66. The van der Waals surface area contributed by atoms with Crippen LogP contribution >= 0.6 is 0 Å². The standard InChI is InChI=1S/C15H21F2NO3/c1-2-3-10-20-11-6-9-18-14(19)12-7-4-5-8-13(12)21-15(16)17/h4-5,7-8,15H,2-3,6,9-11H2,1H3,(H,18,19). The Bertz CT molecular complexity index is 427. The molecular weight excluding hydrogens is 280 g/mol. The Morgan fingerprint density at radius 3 is 2.67 bits per heavy atom. The zero-order valence-corrected chi connectivity index (χ0v) is 12.1. The van der Waals surface area contributed by atoms with Crippen LogP contribution in [0, 0.1) is 0 Å². The van der Waals surface area contributed by atoms with Crippen LogP contribution in [-0.2, 0) is 4.74 Å². The smallest absolute Gasteiger partial charge is 0.387 e. The van der Waals surface area contributed by atoms with Crippen molar-refractivity contribution < 1.29 is 23.0 Å². The Kier molecular flexibility index (Phi) is 8.35. The summed E-state index contributed by atoms with van der Waals surface area (Å²) in [6.45, 7) is 0.840. The molecule has 0 saturated carbocycles. The second kappa shape index (κ2) is 10.1. The van der Waals surface area contributed by atoms with Crippen molar-refractivity contribution in [2.24, 2.45) is 0 Å². The summed E-state index contributed by atoms with van der Waals surface area (Å²) >= 11 is 0. The number of halogens is 2. The highest BCUT2D eigenvalue weighted by Gasteiger charge is 2.14. The molecule has 1 aromatic rings. The van der Waals surface area contributed by atoms with Crippen molar-refractivity contribution in [3.05, 3.63) is 29.8 Å². The molecule has 1 rings (SSSR count). The van der Waals surface area contributed by atoms with Crippen LogP contribution in [0.2, 0.25) is 0 Å². The molecule has 4 nitrogen and oxygen atoms in total. The van der Waals surface area contributed by atoms with Gasteiger partial charge < -0.3 is 14.8 Å². The molecule has 0 saturated heterocycles. The Balaban J connectivity index is 2.35. The summed E-state index contributed by atoms with van der Waals surface area (Å²) in [5.41, 5.74) is 0.102. The number of hydrogen-bond acceptors (Lipinski definition) is 3. The maximum Gasteiger partial charge on any atom is 0.387 e. The van der Waals surface area contributed by atoms with E-state index < -0.39 is 12.5 Å². The van der Waals surface area contributed by atoms with Crippen LogP contribution in [0.4, 0.5) is 8.78 Å². The van der Waals surface area contributed by atoms with E-state index in [4.69, 9.17) is 4.74 Å². The van der Waals surface area contributed by atoms with Crippen molar-refractivity contribution in [2.75, 3.05) is 19.8 Å². The van der Waals surface area contributed by atoms with Gasteiger partial charge in [-0.2, -0.15) is 8.78 Å². The van der Waals surface area contributed by atoms with Crippen molar-refractivity contribution >= 4 is 5.91 Å². The molecule has 0 aliphatic carbocycles. The van der Waals surface area contributed by atoms with Gasteiger partial charge in [-0.25, -0.2) is 0 Å². The third kappa shape index (κ3) is 7.04. The molecule has 0 aliphatic rings. The number of alkyl halides is 2. The molecule has 0 heterocycles. The van der Waals surface area contributed by atoms with Crippen LogP contribution in [0.25, 0.3) is 0 Å². The number of rotatable bonds is 10. The number of carbonyl (C=O) groups is 1. The quantitative estimate of drug-likeness (QED) is 0.675. The van der Waals surface area contributed by atoms with Gasteiger partial charge in [0.1, 0.15) is 5.75 Å². The molecule has 0 fully saturated rings. The number of amides is 1. The largest absolute Gasteiger partial charge is 0.434 e. The van der Waals surface area contributed by atoms with Gasteiger partial charge in [0.05, 0.1) is 5.56 Å². The van der Waals surface area contributed by atoms with E-state index in [0.29, 0.717) is 19.6 Å². The van der Waals surface area contributed by atoms with Crippen LogP contribution in [0.5, 0.6) is 5.75 Å². The van der Waals surface area contributed by atoms with Gasteiger partial charge in [-0.05, 0) is 25.0 Å². The molecule has 0 atom stereocenters. The van der Waals surface area contributed by atoms with E-state index in [2.05, 4.69) is 17.0 Å². The van der Waals surface area contributed by atoms with Gasteiger partial charge in [0.2, 0.25) is 0 Å². The number of ether oxygens (including phenoxy) is 2. The summed E-state index contributed by atoms with van der Waals surface area (Å²) in [6, 6.07) is 5.93. The fourth-order valence-corrected chi connectivity index (χ4v) is 1.67. The molecule has 1 amide bonds. The van der Waals surface area contributed by atoms with Crippen molar-refractivity contribution in [3.8, 4) is 5.75 Å². The number of carbonyl (C=O) groups excluding carboxylic acids is 1. The number of benzene rings is 1. The van der Waals surface area contributed by atoms with Gasteiger partial charge in [-0.1, -0.05) is 25.5 Å². The van der Waals surface area contributed by atoms with E-state index in [9.17, 15) is 13.6 Å². The molecule has 0 radical (unpaired) electrons. The van der Waals surface area contributed by atoms with Crippen LogP contribution in [0.3, 0.4) is 0 Å². The summed E-state index contributed by atoms with van der Waals surface area (Å²) in [6.07, 6.45) is 2.77. The minimum Gasteiger partial charge on any atom is -0.434 e. The molecule has 0 bridgehead atoms. The first-order chi connectivity index (χ1) is 10.1. The Labute approximate surface area is 123 Å². The lowest BCUT2D eigenvalue weighted by atomic mass is 10.2. The highest BCUT2D eigenvalue weighted by atomic mass is 19.3. The number of hydrogen-bond donors (Lipinski definition) is 1. The molecule has 6 heteroatoms. The highest BCUT2D eigenvalue weighted by molar-refractivity contribution is 5.96. The van der Waals surface area contributed by atoms with E-state index in [1.54, 1.807) is 6.07 Å². The summed E-state index contributed by atoms with van der Waals surface area (Å²) < 4.78 is 34.2. The Morgan fingerprint density at radius 2 is 1.95 bits per heavy atom. The Hall–Kier alpha value is -1.69. The van der Waals surface area contributed by atoms with Crippen molar-refractivity contribution in [3.63, 3.8) is 0 Å². The van der Waals surface area contributed by atoms with E-state index in [0.717, 1.165) is 19.4 Å². The van der Waals surface area contributed by atoms with Crippen LogP contribution in [0.1, 0.15) is 36.5 Å². The SMILES string of the molecule is CCCCOCCCNC(=O)c1ccccc1OC(F)F. The molecule has 1 N–H and O–H groups in total. The maximum atomic E-state index is 12.2. The maximum absolute atomic E-state index is 12.2. The van der Waals surface area contributed by atoms with E-state index in [-0.39, 0.29) is 11.3 Å². The van der Waals surface area contributed by atoms with Crippen LogP contribution in [0.15, 0.2) is 24.3 Å². The lowest BCUT2D eigenvalue weighted by Crippen LogP contribution is -2.26. The number of nitrogens with one attached hydrogen (secondary N) is 1. The fraction of sp³-hybridized carbons (Fsp3) is 0.533. The number of para-hydroxylation sites is 1. The molecular formula is C15H21F2NO3. The fourth-order valence-electron chi connectivity index (χ4n) is 1.67. The second-order valence-corrected chi connectivity index (χ2v) is 4.45. The van der Waals surface area contributed by atoms with Crippen LogP contribution in [-0.4, -0.2) is 32.3 Å². The summed E-state index contributed by atoms with van der Waals surface area (Å²) in [7, 11) is 0. The third-order valence-corrected chi connectivity index (χ3v) is 2.74. The van der Waals surface area contributed by atoms with Gasteiger partial charge >= 0.3 is 6.61 Å². The van der Waals surface area contributed by atoms with Gasteiger partial charge in [0.25, 0.3) is 5.91 Å². The Morgan fingerprint density at radius 1 is 1.24 bits per heavy atom. The van der Waals surface area contributed by atoms with Crippen molar-refractivity contribution in [1.82, 2.24) is 5.32 Å². The zero-order valence-electron chi connectivity index (χ0n) is 12.1.